The number of fused-ring (bicyclic) bond motifs is 1. The van der Waals surface area contributed by atoms with E-state index < -0.39 is 0 Å². The molecule has 1 aromatic heterocycles. The summed E-state index contributed by atoms with van der Waals surface area (Å²) in [4.78, 5) is 16.7. The van der Waals surface area contributed by atoms with Crippen molar-refractivity contribution in [3.8, 4) is 5.75 Å². The predicted molar refractivity (Wildman–Crippen MR) is 94.3 cm³/mol. The molecule has 0 atom stereocenters. The van der Waals surface area contributed by atoms with Crippen LogP contribution >= 0.6 is 0 Å². The second-order valence-electron chi connectivity index (χ2n) is 5.27. The third-order valence-corrected chi connectivity index (χ3v) is 3.81. The third-order valence-electron chi connectivity index (χ3n) is 3.81. The number of carbonyl (C=O) groups is 1. The van der Waals surface area contributed by atoms with E-state index in [1.54, 1.807) is 19.2 Å². The van der Waals surface area contributed by atoms with Gasteiger partial charge in [0.1, 0.15) is 11.6 Å². The number of hydrogen-bond donors (Lipinski definition) is 2. The Bertz CT molecular complexity index is 857. The van der Waals surface area contributed by atoms with Crippen LogP contribution in [0.3, 0.4) is 0 Å². The number of ether oxygens (including phenoxy) is 1. The number of carbonyl (C=O) groups excluding carboxylic acids is 1. The molecule has 0 aliphatic rings. The van der Waals surface area contributed by atoms with Crippen molar-refractivity contribution >= 4 is 22.8 Å². The number of amides is 2. The van der Waals surface area contributed by atoms with E-state index in [4.69, 9.17) is 4.74 Å². The minimum Gasteiger partial charge on any atom is -0.495 e. The maximum atomic E-state index is 12.2. The van der Waals surface area contributed by atoms with Crippen LogP contribution in [0.1, 0.15) is 12.7 Å². The Balaban J connectivity index is 1.70. The van der Waals surface area contributed by atoms with Gasteiger partial charge in [-0.2, -0.15) is 0 Å². The van der Waals surface area contributed by atoms with Crippen LogP contribution in [0, 0.1) is 0 Å². The summed E-state index contributed by atoms with van der Waals surface area (Å²) in [6, 6.07) is 14.9. The number of aryl methyl sites for hydroxylation is 1. The summed E-state index contributed by atoms with van der Waals surface area (Å²) in [5.41, 5.74) is 2.63. The van der Waals surface area contributed by atoms with E-state index in [-0.39, 0.29) is 6.03 Å². The molecule has 3 aromatic rings. The highest BCUT2D eigenvalue weighted by Crippen LogP contribution is 2.22. The lowest BCUT2D eigenvalue weighted by molar-refractivity contribution is 0.251. The van der Waals surface area contributed by atoms with Crippen molar-refractivity contribution in [2.75, 3.05) is 12.4 Å². The molecular weight excluding hydrogens is 304 g/mol. The molecule has 6 nitrogen and oxygen atoms in total. The van der Waals surface area contributed by atoms with Gasteiger partial charge in [-0.1, -0.05) is 24.3 Å². The topological polar surface area (TPSA) is 68.2 Å². The van der Waals surface area contributed by atoms with Crippen molar-refractivity contribution in [2.45, 2.75) is 20.0 Å². The zero-order chi connectivity index (χ0) is 16.9. The summed E-state index contributed by atoms with van der Waals surface area (Å²) in [6.45, 7) is 3.21. The van der Waals surface area contributed by atoms with E-state index >= 15 is 0 Å². The quantitative estimate of drug-likeness (QED) is 0.756. The minimum absolute atomic E-state index is 0.297. The molecule has 0 saturated carbocycles. The molecule has 3 rings (SSSR count). The summed E-state index contributed by atoms with van der Waals surface area (Å²) in [5, 5.41) is 5.64. The van der Waals surface area contributed by atoms with Crippen LogP contribution in [-0.2, 0) is 13.1 Å². The standard InChI is InChI=1S/C18H20N4O2/c1-3-22-15-10-6-4-8-13(15)20-17(22)12-19-18(23)21-14-9-5-7-11-16(14)24-2/h4-11H,3,12H2,1-2H3,(H2,19,21,23). The Morgan fingerprint density at radius 2 is 1.92 bits per heavy atom. The highest BCUT2D eigenvalue weighted by Gasteiger charge is 2.11. The van der Waals surface area contributed by atoms with E-state index in [1.165, 1.54) is 0 Å². The fourth-order valence-electron chi connectivity index (χ4n) is 2.69. The second-order valence-corrected chi connectivity index (χ2v) is 5.27. The maximum Gasteiger partial charge on any atom is 0.319 e. The van der Waals surface area contributed by atoms with Gasteiger partial charge in [-0.05, 0) is 31.2 Å². The van der Waals surface area contributed by atoms with Crippen LogP contribution in [0.4, 0.5) is 10.5 Å². The summed E-state index contributed by atoms with van der Waals surface area (Å²) < 4.78 is 7.32. The molecule has 2 amide bonds. The van der Waals surface area contributed by atoms with Gasteiger partial charge in [0.25, 0.3) is 0 Å². The first kappa shape index (κ1) is 15.9. The number of methoxy groups -OCH3 is 1. The number of urea groups is 1. The molecule has 0 aliphatic carbocycles. The molecule has 0 saturated heterocycles. The smallest absolute Gasteiger partial charge is 0.319 e. The molecule has 0 bridgehead atoms. The van der Waals surface area contributed by atoms with Gasteiger partial charge in [-0.3, -0.25) is 0 Å². The minimum atomic E-state index is -0.297. The summed E-state index contributed by atoms with van der Waals surface area (Å²) >= 11 is 0. The van der Waals surface area contributed by atoms with E-state index in [1.807, 2.05) is 36.4 Å². The first-order chi connectivity index (χ1) is 11.7. The number of rotatable bonds is 5. The number of imidazole rings is 1. The largest absolute Gasteiger partial charge is 0.495 e. The monoisotopic (exact) mass is 324 g/mol. The molecule has 0 aliphatic heterocycles. The number of benzene rings is 2. The second kappa shape index (κ2) is 7.04. The lowest BCUT2D eigenvalue weighted by atomic mass is 10.3. The number of anilines is 1. The van der Waals surface area contributed by atoms with Gasteiger partial charge >= 0.3 is 6.03 Å². The molecule has 2 N–H and O–H groups in total. The molecule has 0 unspecified atom stereocenters. The van der Waals surface area contributed by atoms with Gasteiger partial charge in [0.05, 0.1) is 30.4 Å². The van der Waals surface area contributed by atoms with E-state index in [0.29, 0.717) is 18.0 Å². The van der Waals surface area contributed by atoms with E-state index in [0.717, 1.165) is 23.4 Å². The highest BCUT2D eigenvalue weighted by molar-refractivity contribution is 5.90. The zero-order valence-corrected chi connectivity index (χ0v) is 13.7. The van der Waals surface area contributed by atoms with Crippen LogP contribution in [0.15, 0.2) is 48.5 Å². The third kappa shape index (κ3) is 3.17. The van der Waals surface area contributed by atoms with Crippen LogP contribution in [0.5, 0.6) is 5.75 Å². The lowest BCUT2D eigenvalue weighted by Gasteiger charge is -2.11. The Morgan fingerprint density at radius 3 is 2.71 bits per heavy atom. The van der Waals surface area contributed by atoms with Gasteiger partial charge in [-0.15, -0.1) is 0 Å². The number of nitrogens with one attached hydrogen (secondary N) is 2. The van der Waals surface area contributed by atoms with E-state index in [2.05, 4.69) is 27.1 Å². The fourth-order valence-corrected chi connectivity index (χ4v) is 2.69. The van der Waals surface area contributed by atoms with Gasteiger partial charge < -0.3 is 19.9 Å². The SMILES string of the molecule is CCn1c(CNC(=O)Nc2ccccc2OC)nc2ccccc21. The zero-order valence-electron chi connectivity index (χ0n) is 13.7. The molecular formula is C18H20N4O2. The van der Waals surface area contributed by atoms with Gasteiger partial charge in [0.2, 0.25) is 0 Å². The van der Waals surface area contributed by atoms with Crippen molar-refractivity contribution in [2.24, 2.45) is 0 Å². The Morgan fingerprint density at radius 1 is 1.17 bits per heavy atom. The molecule has 0 radical (unpaired) electrons. The normalized spacial score (nSPS) is 10.6. The van der Waals surface area contributed by atoms with Crippen LogP contribution in [-0.4, -0.2) is 22.7 Å². The maximum absolute atomic E-state index is 12.2. The number of aromatic nitrogens is 2. The van der Waals surface area contributed by atoms with Crippen molar-refractivity contribution in [1.82, 2.24) is 14.9 Å². The highest BCUT2D eigenvalue weighted by atomic mass is 16.5. The molecule has 0 fully saturated rings. The lowest BCUT2D eigenvalue weighted by Crippen LogP contribution is -2.29. The Kier molecular flexibility index (Phi) is 4.65. The average Bonchev–Trinajstić information content (AvgIpc) is 2.98. The molecule has 6 heteroatoms. The first-order valence-corrected chi connectivity index (χ1v) is 7.85. The molecule has 0 spiro atoms. The number of nitrogens with zero attached hydrogens (tertiary/aromatic N) is 2. The van der Waals surface area contributed by atoms with Crippen LogP contribution in [0.2, 0.25) is 0 Å². The fraction of sp³-hybridized carbons (Fsp3) is 0.222. The van der Waals surface area contributed by atoms with Gasteiger partial charge in [0, 0.05) is 6.54 Å². The van der Waals surface area contributed by atoms with Gasteiger partial charge in [-0.25, -0.2) is 9.78 Å². The van der Waals surface area contributed by atoms with Crippen LogP contribution < -0.4 is 15.4 Å². The molecule has 124 valence electrons. The summed E-state index contributed by atoms with van der Waals surface area (Å²) in [6.07, 6.45) is 0. The molecule has 2 aromatic carbocycles. The summed E-state index contributed by atoms with van der Waals surface area (Å²) in [5.74, 6) is 1.45. The molecule has 1 heterocycles. The van der Waals surface area contributed by atoms with Crippen molar-refractivity contribution in [3.05, 3.63) is 54.4 Å². The Hall–Kier alpha value is -3.02. The summed E-state index contributed by atoms with van der Waals surface area (Å²) in [7, 11) is 1.57. The molecule has 24 heavy (non-hydrogen) atoms. The average molecular weight is 324 g/mol. The van der Waals surface area contributed by atoms with E-state index in [9.17, 15) is 4.79 Å². The van der Waals surface area contributed by atoms with Crippen molar-refractivity contribution < 1.29 is 9.53 Å². The van der Waals surface area contributed by atoms with Gasteiger partial charge in [0.15, 0.2) is 0 Å². The van der Waals surface area contributed by atoms with Crippen LogP contribution in [0.25, 0.3) is 11.0 Å². The first-order valence-electron chi connectivity index (χ1n) is 7.85. The number of para-hydroxylation sites is 4. The van der Waals surface area contributed by atoms with Crippen molar-refractivity contribution in [1.29, 1.82) is 0 Å². The predicted octanol–water partition coefficient (Wildman–Crippen LogP) is 3.39. The number of hydrogen-bond acceptors (Lipinski definition) is 3. The Labute approximate surface area is 140 Å². The van der Waals surface area contributed by atoms with Crippen molar-refractivity contribution in [3.63, 3.8) is 0 Å².